The smallest absolute Gasteiger partial charge is 0.183 e. The van der Waals surface area contributed by atoms with Gasteiger partial charge in [0.25, 0.3) is 0 Å². The standard InChI is InChI=1S/C14H30O6/c1-3-5-6-7-10(4-2)20-14(19)13(18)12(17)11(16)8-9-15/h10-19H,3-9H2,1-2H3. The lowest BCUT2D eigenvalue weighted by Crippen LogP contribution is -2.46. The molecule has 0 bridgehead atoms. The zero-order valence-corrected chi connectivity index (χ0v) is 12.5. The lowest BCUT2D eigenvalue weighted by molar-refractivity contribution is -0.222. The molecule has 0 saturated heterocycles. The summed E-state index contributed by atoms with van der Waals surface area (Å²) in [6.45, 7) is 3.71. The second-order valence-corrected chi connectivity index (χ2v) is 5.11. The fourth-order valence-corrected chi connectivity index (χ4v) is 1.97. The van der Waals surface area contributed by atoms with E-state index < -0.39 is 24.6 Å². The fraction of sp³-hybridized carbons (Fsp3) is 1.00. The summed E-state index contributed by atoms with van der Waals surface area (Å²) < 4.78 is 5.33. The first-order valence-electron chi connectivity index (χ1n) is 7.46. The SMILES string of the molecule is CCCCCC(CC)OC(O)C(O)C(O)C(O)CCO. The highest BCUT2D eigenvalue weighted by molar-refractivity contribution is 4.77. The molecule has 0 amide bonds. The number of hydrogen-bond acceptors (Lipinski definition) is 6. The Morgan fingerprint density at radius 1 is 0.900 bits per heavy atom. The van der Waals surface area contributed by atoms with Gasteiger partial charge in [-0.2, -0.15) is 0 Å². The molecule has 6 heteroatoms. The zero-order valence-electron chi connectivity index (χ0n) is 12.5. The number of unbranched alkanes of at least 4 members (excludes halogenated alkanes) is 2. The maximum Gasteiger partial charge on any atom is 0.183 e. The van der Waals surface area contributed by atoms with Gasteiger partial charge in [0.2, 0.25) is 0 Å². The third kappa shape index (κ3) is 7.52. The number of hydrogen-bond donors (Lipinski definition) is 5. The summed E-state index contributed by atoms with van der Waals surface area (Å²) in [6.07, 6.45) is -1.63. The van der Waals surface area contributed by atoms with E-state index in [-0.39, 0.29) is 19.1 Å². The predicted molar refractivity (Wildman–Crippen MR) is 75.0 cm³/mol. The Labute approximate surface area is 121 Å². The molecule has 0 aromatic carbocycles. The largest absolute Gasteiger partial charge is 0.396 e. The number of aliphatic hydroxyl groups excluding tert-OH is 5. The maximum absolute atomic E-state index is 9.76. The van der Waals surface area contributed by atoms with Crippen LogP contribution in [-0.2, 0) is 4.74 Å². The van der Waals surface area contributed by atoms with Crippen LogP contribution < -0.4 is 0 Å². The molecule has 122 valence electrons. The van der Waals surface area contributed by atoms with E-state index in [0.29, 0.717) is 6.42 Å². The van der Waals surface area contributed by atoms with Crippen molar-refractivity contribution in [2.45, 2.75) is 83.1 Å². The molecule has 5 unspecified atom stereocenters. The summed E-state index contributed by atoms with van der Waals surface area (Å²) in [6, 6.07) is 0. The lowest BCUT2D eigenvalue weighted by Gasteiger charge is -2.28. The highest BCUT2D eigenvalue weighted by atomic mass is 16.6. The van der Waals surface area contributed by atoms with E-state index in [2.05, 4.69) is 6.92 Å². The summed E-state index contributed by atoms with van der Waals surface area (Å²) in [5.74, 6) is 0. The molecule has 20 heavy (non-hydrogen) atoms. The summed E-state index contributed by atoms with van der Waals surface area (Å²) in [4.78, 5) is 0. The molecule has 0 rings (SSSR count). The first-order valence-corrected chi connectivity index (χ1v) is 7.46. The van der Waals surface area contributed by atoms with E-state index in [0.717, 1.165) is 25.7 Å². The minimum atomic E-state index is -1.60. The van der Waals surface area contributed by atoms with E-state index in [1.807, 2.05) is 6.92 Å². The molecular weight excluding hydrogens is 264 g/mol. The monoisotopic (exact) mass is 294 g/mol. The zero-order chi connectivity index (χ0) is 15.5. The van der Waals surface area contributed by atoms with E-state index >= 15 is 0 Å². The van der Waals surface area contributed by atoms with E-state index in [9.17, 15) is 20.4 Å². The average Bonchev–Trinajstić information content (AvgIpc) is 2.44. The normalized spacial score (nSPS) is 19.4. The summed E-state index contributed by atoms with van der Waals surface area (Å²) >= 11 is 0. The molecule has 0 aliphatic carbocycles. The first-order chi connectivity index (χ1) is 9.47. The van der Waals surface area contributed by atoms with Crippen molar-refractivity contribution in [3.8, 4) is 0 Å². The number of ether oxygens (including phenoxy) is 1. The van der Waals surface area contributed by atoms with Gasteiger partial charge in [-0.15, -0.1) is 0 Å². The van der Waals surface area contributed by atoms with Gasteiger partial charge in [-0.25, -0.2) is 0 Å². The molecule has 0 saturated carbocycles. The van der Waals surface area contributed by atoms with Crippen LogP contribution in [0.4, 0.5) is 0 Å². The highest BCUT2D eigenvalue weighted by Gasteiger charge is 2.31. The van der Waals surface area contributed by atoms with Gasteiger partial charge in [-0.3, -0.25) is 0 Å². The molecular formula is C14H30O6. The van der Waals surface area contributed by atoms with Gasteiger partial charge in [0.1, 0.15) is 12.2 Å². The molecule has 6 nitrogen and oxygen atoms in total. The summed E-state index contributed by atoms with van der Waals surface area (Å²) in [5.41, 5.74) is 0. The van der Waals surface area contributed by atoms with Gasteiger partial charge in [-0.1, -0.05) is 33.1 Å². The molecule has 5 N–H and O–H groups in total. The van der Waals surface area contributed by atoms with Gasteiger partial charge in [0.05, 0.1) is 12.2 Å². The van der Waals surface area contributed by atoms with Crippen molar-refractivity contribution in [2.75, 3.05) is 6.61 Å². The van der Waals surface area contributed by atoms with Crippen LogP contribution in [0.25, 0.3) is 0 Å². The van der Waals surface area contributed by atoms with Crippen LogP contribution in [0.1, 0.15) is 52.4 Å². The van der Waals surface area contributed by atoms with Crippen molar-refractivity contribution in [3.63, 3.8) is 0 Å². The molecule has 5 atom stereocenters. The van der Waals surface area contributed by atoms with Crippen LogP contribution in [0.2, 0.25) is 0 Å². The molecule has 0 heterocycles. The van der Waals surface area contributed by atoms with Gasteiger partial charge in [0.15, 0.2) is 6.29 Å². The van der Waals surface area contributed by atoms with Gasteiger partial charge in [0, 0.05) is 6.61 Å². The Morgan fingerprint density at radius 2 is 1.55 bits per heavy atom. The molecule has 0 radical (unpaired) electrons. The number of rotatable bonds is 12. The molecule has 0 aliphatic heterocycles. The van der Waals surface area contributed by atoms with Gasteiger partial charge < -0.3 is 30.3 Å². The summed E-state index contributed by atoms with van der Waals surface area (Å²) in [5, 5.41) is 47.3. The summed E-state index contributed by atoms with van der Waals surface area (Å²) in [7, 11) is 0. The van der Waals surface area contributed by atoms with Crippen molar-refractivity contribution in [3.05, 3.63) is 0 Å². The molecule has 0 aromatic rings. The Morgan fingerprint density at radius 3 is 2.05 bits per heavy atom. The van der Waals surface area contributed by atoms with Crippen LogP contribution in [0.15, 0.2) is 0 Å². The van der Waals surface area contributed by atoms with E-state index in [4.69, 9.17) is 9.84 Å². The predicted octanol–water partition coefficient (Wildman–Crippen LogP) is 0.145. The van der Waals surface area contributed by atoms with Crippen LogP contribution in [0, 0.1) is 0 Å². The number of aliphatic hydroxyl groups is 5. The van der Waals surface area contributed by atoms with Crippen LogP contribution in [0.3, 0.4) is 0 Å². The van der Waals surface area contributed by atoms with Crippen LogP contribution >= 0.6 is 0 Å². The quantitative estimate of drug-likeness (QED) is 0.259. The third-order valence-corrected chi connectivity index (χ3v) is 3.38. The van der Waals surface area contributed by atoms with Crippen molar-refractivity contribution in [2.24, 2.45) is 0 Å². The third-order valence-electron chi connectivity index (χ3n) is 3.38. The first kappa shape index (κ1) is 19.8. The Hall–Kier alpha value is -0.240. The second-order valence-electron chi connectivity index (χ2n) is 5.11. The second kappa shape index (κ2) is 11.4. The molecule has 0 spiro atoms. The Balaban J connectivity index is 4.23. The topological polar surface area (TPSA) is 110 Å². The Kier molecular flexibility index (Phi) is 11.3. The van der Waals surface area contributed by atoms with E-state index in [1.54, 1.807) is 0 Å². The van der Waals surface area contributed by atoms with E-state index in [1.165, 1.54) is 0 Å². The Bertz CT molecular complexity index is 226. The van der Waals surface area contributed by atoms with Crippen molar-refractivity contribution in [1.82, 2.24) is 0 Å². The molecule has 0 aromatic heterocycles. The highest BCUT2D eigenvalue weighted by Crippen LogP contribution is 2.15. The average molecular weight is 294 g/mol. The maximum atomic E-state index is 9.76. The molecule has 0 fully saturated rings. The minimum Gasteiger partial charge on any atom is -0.396 e. The lowest BCUT2D eigenvalue weighted by atomic mass is 10.0. The molecule has 0 aliphatic rings. The van der Waals surface area contributed by atoms with Crippen LogP contribution in [-0.4, -0.2) is 62.8 Å². The van der Waals surface area contributed by atoms with Crippen molar-refractivity contribution >= 4 is 0 Å². The fourth-order valence-electron chi connectivity index (χ4n) is 1.97. The van der Waals surface area contributed by atoms with Crippen LogP contribution in [0.5, 0.6) is 0 Å². The van der Waals surface area contributed by atoms with Gasteiger partial charge >= 0.3 is 0 Å². The van der Waals surface area contributed by atoms with Gasteiger partial charge in [-0.05, 0) is 19.3 Å². The van der Waals surface area contributed by atoms with Crippen molar-refractivity contribution < 1.29 is 30.3 Å². The van der Waals surface area contributed by atoms with Crippen molar-refractivity contribution in [1.29, 1.82) is 0 Å². The minimum absolute atomic E-state index is 0.0708.